The lowest BCUT2D eigenvalue weighted by Gasteiger charge is -2.18. The van der Waals surface area contributed by atoms with E-state index in [1.54, 1.807) is 0 Å². The summed E-state index contributed by atoms with van der Waals surface area (Å²) in [7, 11) is 0. The third-order valence-electron chi connectivity index (χ3n) is 4.04. The van der Waals surface area contributed by atoms with Gasteiger partial charge in [0.05, 0.1) is 17.7 Å². The molecule has 1 aliphatic rings. The van der Waals surface area contributed by atoms with Crippen LogP contribution in [0.15, 0.2) is 24.5 Å². The molecule has 4 heteroatoms. The standard InChI is InChI=1S/C17H22ClN3/c1-12(2)19-10-13-7-8-14(18)9-17(13)21-11-20-15-5-3-4-6-16(15)21/h7-9,11-12,19H,3-6,10H2,1-2H3. The van der Waals surface area contributed by atoms with Gasteiger partial charge in [0.1, 0.15) is 0 Å². The number of halogens is 1. The van der Waals surface area contributed by atoms with Crippen molar-refractivity contribution in [2.24, 2.45) is 0 Å². The lowest BCUT2D eigenvalue weighted by atomic mass is 10.0. The number of nitrogens with one attached hydrogen (secondary N) is 1. The monoisotopic (exact) mass is 303 g/mol. The number of hydrogen-bond acceptors (Lipinski definition) is 2. The van der Waals surface area contributed by atoms with E-state index in [9.17, 15) is 0 Å². The number of hydrogen-bond donors (Lipinski definition) is 1. The summed E-state index contributed by atoms with van der Waals surface area (Å²) in [5.74, 6) is 0. The van der Waals surface area contributed by atoms with E-state index in [-0.39, 0.29) is 0 Å². The van der Waals surface area contributed by atoms with Gasteiger partial charge >= 0.3 is 0 Å². The van der Waals surface area contributed by atoms with Gasteiger partial charge in [0, 0.05) is 23.3 Å². The highest BCUT2D eigenvalue weighted by atomic mass is 35.5. The van der Waals surface area contributed by atoms with Gasteiger partial charge in [-0.1, -0.05) is 31.5 Å². The summed E-state index contributed by atoms with van der Waals surface area (Å²) < 4.78 is 2.23. The average molecular weight is 304 g/mol. The highest BCUT2D eigenvalue weighted by Crippen LogP contribution is 2.27. The van der Waals surface area contributed by atoms with E-state index in [2.05, 4.69) is 40.8 Å². The zero-order chi connectivity index (χ0) is 14.8. The first-order chi connectivity index (χ1) is 10.1. The van der Waals surface area contributed by atoms with Crippen LogP contribution < -0.4 is 5.32 Å². The summed E-state index contributed by atoms with van der Waals surface area (Å²) in [6, 6.07) is 6.59. The predicted molar refractivity (Wildman–Crippen MR) is 87.2 cm³/mol. The molecule has 0 fully saturated rings. The molecule has 0 saturated carbocycles. The normalized spacial score (nSPS) is 14.5. The SMILES string of the molecule is CC(C)NCc1ccc(Cl)cc1-n1cnc2c1CCCC2. The fourth-order valence-corrected chi connectivity index (χ4v) is 3.07. The Balaban J connectivity index is 2.00. The van der Waals surface area contributed by atoms with Gasteiger partial charge in [-0.25, -0.2) is 4.98 Å². The van der Waals surface area contributed by atoms with E-state index in [1.807, 2.05) is 12.4 Å². The quantitative estimate of drug-likeness (QED) is 0.928. The van der Waals surface area contributed by atoms with Crippen LogP contribution in [0.4, 0.5) is 0 Å². The van der Waals surface area contributed by atoms with Gasteiger partial charge in [0.25, 0.3) is 0 Å². The van der Waals surface area contributed by atoms with Crippen LogP contribution >= 0.6 is 11.6 Å². The van der Waals surface area contributed by atoms with Gasteiger partial charge in [-0.3, -0.25) is 0 Å². The van der Waals surface area contributed by atoms with Crippen molar-refractivity contribution in [1.29, 1.82) is 0 Å². The molecule has 0 amide bonds. The Hall–Kier alpha value is -1.32. The number of fused-ring (bicyclic) bond motifs is 1. The van der Waals surface area contributed by atoms with Crippen molar-refractivity contribution in [2.45, 2.75) is 52.1 Å². The fourth-order valence-electron chi connectivity index (χ4n) is 2.90. The summed E-state index contributed by atoms with van der Waals surface area (Å²) in [6.45, 7) is 5.17. The second kappa shape index (κ2) is 6.20. The lowest BCUT2D eigenvalue weighted by molar-refractivity contribution is 0.586. The Morgan fingerprint density at radius 1 is 1.29 bits per heavy atom. The Labute approximate surface area is 131 Å². The molecule has 21 heavy (non-hydrogen) atoms. The maximum Gasteiger partial charge on any atom is 0.0997 e. The summed E-state index contributed by atoms with van der Waals surface area (Å²) in [5.41, 5.74) is 5.03. The Kier molecular flexibility index (Phi) is 4.32. The van der Waals surface area contributed by atoms with E-state index in [0.717, 1.165) is 30.1 Å². The van der Waals surface area contributed by atoms with E-state index in [4.69, 9.17) is 11.6 Å². The van der Waals surface area contributed by atoms with Crippen molar-refractivity contribution in [2.75, 3.05) is 0 Å². The first kappa shape index (κ1) is 14.6. The molecule has 1 aromatic carbocycles. The maximum absolute atomic E-state index is 6.23. The van der Waals surface area contributed by atoms with Crippen molar-refractivity contribution in [1.82, 2.24) is 14.9 Å². The minimum atomic E-state index is 0.463. The maximum atomic E-state index is 6.23. The van der Waals surface area contributed by atoms with Crippen LogP contribution in [-0.2, 0) is 19.4 Å². The molecular formula is C17H22ClN3. The van der Waals surface area contributed by atoms with Gasteiger partial charge in [0.15, 0.2) is 0 Å². The van der Waals surface area contributed by atoms with Crippen molar-refractivity contribution in [3.05, 3.63) is 46.5 Å². The van der Waals surface area contributed by atoms with Crippen LogP contribution in [-0.4, -0.2) is 15.6 Å². The zero-order valence-electron chi connectivity index (χ0n) is 12.7. The largest absolute Gasteiger partial charge is 0.310 e. The molecule has 2 aromatic rings. The molecule has 0 spiro atoms. The lowest BCUT2D eigenvalue weighted by Crippen LogP contribution is -2.22. The smallest absolute Gasteiger partial charge is 0.0997 e. The Bertz CT molecular complexity index is 631. The van der Waals surface area contributed by atoms with Crippen molar-refractivity contribution in [3.63, 3.8) is 0 Å². The molecule has 0 aliphatic heterocycles. The molecule has 1 aliphatic carbocycles. The number of rotatable bonds is 4. The number of imidazole rings is 1. The van der Waals surface area contributed by atoms with Crippen LogP contribution in [0.1, 0.15) is 43.6 Å². The third-order valence-corrected chi connectivity index (χ3v) is 4.27. The first-order valence-corrected chi connectivity index (χ1v) is 8.10. The fraction of sp³-hybridized carbons (Fsp3) is 0.471. The molecule has 1 heterocycles. The predicted octanol–water partition coefficient (Wildman–Crippen LogP) is 3.90. The van der Waals surface area contributed by atoms with Crippen LogP contribution in [0.25, 0.3) is 5.69 Å². The zero-order valence-corrected chi connectivity index (χ0v) is 13.5. The van der Waals surface area contributed by atoms with E-state index >= 15 is 0 Å². The van der Waals surface area contributed by atoms with Gasteiger partial charge < -0.3 is 9.88 Å². The molecule has 0 unspecified atom stereocenters. The summed E-state index contributed by atoms with van der Waals surface area (Å²) in [4.78, 5) is 4.60. The Morgan fingerprint density at radius 3 is 2.90 bits per heavy atom. The first-order valence-electron chi connectivity index (χ1n) is 7.72. The molecule has 0 radical (unpaired) electrons. The summed E-state index contributed by atoms with van der Waals surface area (Å²) >= 11 is 6.23. The van der Waals surface area contributed by atoms with Gasteiger partial charge in [-0.15, -0.1) is 0 Å². The minimum absolute atomic E-state index is 0.463. The topological polar surface area (TPSA) is 29.9 Å². The third kappa shape index (κ3) is 3.14. The highest BCUT2D eigenvalue weighted by Gasteiger charge is 2.17. The van der Waals surface area contributed by atoms with Crippen LogP contribution in [0.2, 0.25) is 5.02 Å². The number of aromatic nitrogens is 2. The summed E-state index contributed by atoms with van der Waals surface area (Å²) in [5, 5.41) is 4.26. The molecule has 0 atom stereocenters. The number of nitrogens with zero attached hydrogens (tertiary/aromatic N) is 2. The van der Waals surface area contributed by atoms with Crippen LogP contribution in [0.5, 0.6) is 0 Å². The van der Waals surface area contributed by atoms with Crippen molar-refractivity contribution >= 4 is 11.6 Å². The molecule has 1 aromatic heterocycles. The van der Waals surface area contributed by atoms with Gasteiger partial charge in [0.2, 0.25) is 0 Å². The van der Waals surface area contributed by atoms with Crippen molar-refractivity contribution < 1.29 is 0 Å². The number of benzene rings is 1. The van der Waals surface area contributed by atoms with Crippen LogP contribution in [0.3, 0.4) is 0 Å². The average Bonchev–Trinajstić information content (AvgIpc) is 2.89. The molecular weight excluding hydrogens is 282 g/mol. The van der Waals surface area contributed by atoms with E-state index < -0.39 is 0 Å². The second-order valence-electron chi connectivity index (χ2n) is 6.02. The molecule has 0 bridgehead atoms. The molecule has 112 valence electrons. The summed E-state index contributed by atoms with van der Waals surface area (Å²) in [6.07, 6.45) is 6.67. The van der Waals surface area contributed by atoms with Gasteiger partial charge in [-0.05, 0) is 43.4 Å². The second-order valence-corrected chi connectivity index (χ2v) is 6.46. The molecule has 3 nitrogen and oxygen atoms in total. The molecule has 0 saturated heterocycles. The molecule has 1 N–H and O–H groups in total. The van der Waals surface area contributed by atoms with E-state index in [0.29, 0.717) is 6.04 Å². The van der Waals surface area contributed by atoms with Crippen molar-refractivity contribution in [3.8, 4) is 5.69 Å². The minimum Gasteiger partial charge on any atom is -0.310 e. The van der Waals surface area contributed by atoms with E-state index in [1.165, 1.54) is 29.8 Å². The molecule has 3 rings (SSSR count). The Morgan fingerprint density at radius 2 is 2.10 bits per heavy atom. The number of aryl methyl sites for hydroxylation is 1. The van der Waals surface area contributed by atoms with Crippen LogP contribution in [0, 0.1) is 0 Å². The highest BCUT2D eigenvalue weighted by molar-refractivity contribution is 6.30. The van der Waals surface area contributed by atoms with Gasteiger partial charge in [-0.2, -0.15) is 0 Å².